The molecular formula is C8H4ClNOS3. The summed E-state index contributed by atoms with van der Waals surface area (Å²) >= 11 is 9.61. The van der Waals surface area contributed by atoms with Crippen molar-refractivity contribution in [2.45, 2.75) is 4.34 Å². The quantitative estimate of drug-likeness (QED) is 0.771. The molecule has 0 unspecified atom stereocenters. The first kappa shape index (κ1) is 10.2. The van der Waals surface area contributed by atoms with Crippen LogP contribution in [0.2, 0.25) is 4.34 Å². The predicted octanol–water partition coefficient (Wildman–Crippen LogP) is 3.79. The summed E-state index contributed by atoms with van der Waals surface area (Å²) < 4.78 is 1.40. The van der Waals surface area contributed by atoms with Gasteiger partial charge in [0.05, 0.1) is 9.21 Å². The van der Waals surface area contributed by atoms with Crippen LogP contribution in [0.4, 0.5) is 0 Å². The van der Waals surface area contributed by atoms with E-state index in [1.54, 1.807) is 18.3 Å². The Kier molecular flexibility index (Phi) is 3.22. The van der Waals surface area contributed by atoms with Crippen LogP contribution >= 0.6 is 46.0 Å². The summed E-state index contributed by atoms with van der Waals surface area (Å²) in [5, 5.41) is 1.84. The summed E-state index contributed by atoms with van der Waals surface area (Å²) in [5.41, 5.74) is 0. The van der Waals surface area contributed by atoms with Crippen molar-refractivity contribution >= 4 is 51.2 Å². The van der Waals surface area contributed by atoms with E-state index >= 15 is 0 Å². The number of carbonyl (C=O) groups is 1. The number of aromatic nitrogens is 1. The summed E-state index contributed by atoms with van der Waals surface area (Å²) in [7, 11) is 0. The van der Waals surface area contributed by atoms with E-state index in [1.807, 2.05) is 5.38 Å². The minimum absolute atomic E-state index is 0.00292. The van der Waals surface area contributed by atoms with Gasteiger partial charge in [-0.2, -0.15) is 0 Å². The van der Waals surface area contributed by atoms with Crippen molar-refractivity contribution in [3.8, 4) is 0 Å². The van der Waals surface area contributed by atoms with Crippen LogP contribution in [-0.4, -0.2) is 10.1 Å². The number of nitrogens with zero attached hydrogens (tertiary/aromatic N) is 1. The molecule has 2 nitrogen and oxygen atoms in total. The van der Waals surface area contributed by atoms with Crippen molar-refractivity contribution < 1.29 is 4.79 Å². The van der Waals surface area contributed by atoms with Crippen LogP contribution in [-0.2, 0) is 0 Å². The molecule has 2 heterocycles. The van der Waals surface area contributed by atoms with Gasteiger partial charge < -0.3 is 0 Å². The molecule has 0 aromatic carbocycles. The molecule has 0 saturated heterocycles. The molecule has 0 aliphatic rings. The second-order valence-electron chi connectivity index (χ2n) is 2.29. The third-order valence-corrected chi connectivity index (χ3v) is 4.51. The lowest BCUT2D eigenvalue weighted by Gasteiger charge is -1.91. The second-order valence-corrected chi connectivity index (χ2v) is 6.12. The number of thioether (sulfide) groups is 1. The molecule has 0 bridgehead atoms. The maximum absolute atomic E-state index is 11.6. The molecule has 0 amide bonds. The normalized spacial score (nSPS) is 10.4. The zero-order valence-corrected chi connectivity index (χ0v) is 9.97. The topological polar surface area (TPSA) is 30.0 Å². The van der Waals surface area contributed by atoms with Gasteiger partial charge in [-0.3, -0.25) is 4.79 Å². The van der Waals surface area contributed by atoms with Gasteiger partial charge in [-0.05, 0) is 23.9 Å². The minimum Gasteiger partial charge on any atom is -0.280 e. The fraction of sp³-hybridized carbons (Fsp3) is 0. The average molecular weight is 262 g/mol. The van der Waals surface area contributed by atoms with Crippen molar-refractivity contribution in [1.82, 2.24) is 4.98 Å². The van der Waals surface area contributed by atoms with Gasteiger partial charge in [0.1, 0.15) is 0 Å². The van der Waals surface area contributed by atoms with Crippen molar-refractivity contribution in [3.63, 3.8) is 0 Å². The molecule has 0 fully saturated rings. The first-order valence-corrected chi connectivity index (χ1v) is 6.52. The molecule has 0 atom stereocenters. The van der Waals surface area contributed by atoms with Gasteiger partial charge in [-0.1, -0.05) is 11.6 Å². The number of halogens is 1. The maximum atomic E-state index is 11.6. The number of carbonyl (C=O) groups excluding carboxylic acids is 1. The molecule has 2 rings (SSSR count). The molecule has 0 saturated carbocycles. The Balaban J connectivity index is 2.10. The number of thiazole rings is 1. The van der Waals surface area contributed by atoms with E-state index in [2.05, 4.69) is 4.98 Å². The second kappa shape index (κ2) is 4.44. The zero-order chi connectivity index (χ0) is 9.97. The van der Waals surface area contributed by atoms with E-state index in [-0.39, 0.29) is 5.12 Å². The molecule has 6 heteroatoms. The molecule has 72 valence electrons. The first-order valence-electron chi connectivity index (χ1n) is 3.63. The van der Waals surface area contributed by atoms with Crippen LogP contribution < -0.4 is 0 Å². The molecule has 2 aromatic heterocycles. The maximum Gasteiger partial charge on any atom is 0.236 e. The van der Waals surface area contributed by atoms with Crippen LogP contribution in [0.25, 0.3) is 0 Å². The molecule has 0 radical (unpaired) electrons. The van der Waals surface area contributed by atoms with Crippen LogP contribution in [0.15, 0.2) is 28.0 Å². The SMILES string of the molecule is O=C(Sc1nccs1)c1ccc(Cl)s1. The van der Waals surface area contributed by atoms with Crippen molar-refractivity contribution in [3.05, 3.63) is 32.9 Å². The lowest BCUT2D eigenvalue weighted by atomic mass is 10.5. The summed E-state index contributed by atoms with van der Waals surface area (Å²) in [4.78, 5) is 16.3. The first-order chi connectivity index (χ1) is 6.75. The summed E-state index contributed by atoms with van der Waals surface area (Å²) in [6.07, 6.45) is 1.68. The Hall–Kier alpha value is -0.360. The van der Waals surface area contributed by atoms with E-state index in [4.69, 9.17) is 11.6 Å². The van der Waals surface area contributed by atoms with Gasteiger partial charge in [0, 0.05) is 11.6 Å². The Morgan fingerprint density at radius 1 is 1.50 bits per heavy atom. The Bertz CT molecular complexity index is 437. The fourth-order valence-electron chi connectivity index (χ4n) is 0.814. The number of hydrogen-bond acceptors (Lipinski definition) is 5. The van der Waals surface area contributed by atoms with Gasteiger partial charge in [0.15, 0.2) is 4.34 Å². The summed E-state index contributed by atoms with van der Waals surface area (Å²) in [6, 6.07) is 3.46. The van der Waals surface area contributed by atoms with E-state index in [9.17, 15) is 4.79 Å². The van der Waals surface area contributed by atoms with Crippen molar-refractivity contribution in [2.75, 3.05) is 0 Å². The highest BCUT2D eigenvalue weighted by Crippen LogP contribution is 2.29. The monoisotopic (exact) mass is 261 g/mol. The predicted molar refractivity (Wildman–Crippen MR) is 61.6 cm³/mol. The lowest BCUT2D eigenvalue weighted by molar-refractivity contribution is 0.109. The van der Waals surface area contributed by atoms with Gasteiger partial charge in [-0.15, -0.1) is 22.7 Å². The standard InChI is InChI=1S/C8H4ClNOS3/c9-6-2-1-5(13-6)7(11)14-8-10-3-4-12-8/h1-4H. The number of hydrogen-bond donors (Lipinski definition) is 0. The number of rotatable bonds is 2. The largest absolute Gasteiger partial charge is 0.280 e. The fourth-order valence-corrected chi connectivity index (χ4v) is 3.33. The van der Waals surface area contributed by atoms with E-state index in [0.29, 0.717) is 9.21 Å². The third-order valence-electron chi connectivity index (χ3n) is 1.36. The van der Waals surface area contributed by atoms with Crippen molar-refractivity contribution in [1.29, 1.82) is 0 Å². The third kappa shape index (κ3) is 2.36. The molecular weight excluding hydrogens is 258 g/mol. The molecule has 0 aliphatic heterocycles. The molecule has 0 spiro atoms. The molecule has 2 aromatic rings. The Morgan fingerprint density at radius 2 is 2.36 bits per heavy atom. The van der Waals surface area contributed by atoms with E-state index in [1.165, 1.54) is 22.7 Å². The smallest absolute Gasteiger partial charge is 0.236 e. The van der Waals surface area contributed by atoms with Gasteiger partial charge >= 0.3 is 0 Å². The van der Waals surface area contributed by atoms with Crippen LogP contribution in [0.1, 0.15) is 9.67 Å². The lowest BCUT2D eigenvalue weighted by Crippen LogP contribution is -1.87. The number of thiophene rings is 1. The van der Waals surface area contributed by atoms with Crippen LogP contribution in [0, 0.1) is 0 Å². The van der Waals surface area contributed by atoms with Gasteiger partial charge in [0.2, 0.25) is 5.12 Å². The van der Waals surface area contributed by atoms with E-state index in [0.717, 1.165) is 16.1 Å². The van der Waals surface area contributed by atoms with Crippen LogP contribution in [0.3, 0.4) is 0 Å². The molecule has 14 heavy (non-hydrogen) atoms. The van der Waals surface area contributed by atoms with Gasteiger partial charge in [0.25, 0.3) is 0 Å². The summed E-state index contributed by atoms with van der Waals surface area (Å²) in [6.45, 7) is 0. The summed E-state index contributed by atoms with van der Waals surface area (Å²) in [5.74, 6) is 0. The highest BCUT2D eigenvalue weighted by Gasteiger charge is 2.11. The highest BCUT2D eigenvalue weighted by atomic mass is 35.5. The van der Waals surface area contributed by atoms with E-state index < -0.39 is 0 Å². The average Bonchev–Trinajstić information content (AvgIpc) is 2.75. The van der Waals surface area contributed by atoms with Crippen LogP contribution in [0.5, 0.6) is 0 Å². The Morgan fingerprint density at radius 3 is 2.93 bits per heavy atom. The van der Waals surface area contributed by atoms with Crippen molar-refractivity contribution in [2.24, 2.45) is 0 Å². The Labute approximate surface area is 97.9 Å². The minimum atomic E-state index is -0.00292. The molecule has 0 aliphatic carbocycles. The van der Waals surface area contributed by atoms with Gasteiger partial charge in [-0.25, -0.2) is 4.98 Å². The zero-order valence-electron chi connectivity index (χ0n) is 6.77. The molecule has 0 N–H and O–H groups in total. The highest BCUT2D eigenvalue weighted by molar-refractivity contribution is 8.15.